The van der Waals surface area contributed by atoms with Crippen molar-refractivity contribution in [1.82, 2.24) is 20.6 Å². The van der Waals surface area contributed by atoms with E-state index in [2.05, 4.69) is 25.5 Å². The maximum absolute atomic E-state index is 12.2. The number of hydrogen-bond donors (Lipinski definition) is 2. The van der Waals surface area contributed by atoms with Gasteiger partial charge in [0.05, 0.1) is 6.04 Å². The van der Waals surface area contributed by atoms with E-state index in [4.69, 9.17) is 4.42 Å². The Bertz CT molecular complexity index is 665. The molecule has 1 unspecified atom stereocenters. The lowest BCUT2D eigenvalue weighted by molar-refractivity contribution is 0.229. The molecule has 1 fully saturated rings. The molecule has 0 bridgehead atoms. The van der Waals surface area contributed by atoms with Gasteiger partial charge in [-0.15, -0.1) is 0 Å². The third-order valence-corrected chi connectivity index (χ3v) is 4.20. The lowest BCUT2D eigenvalue weighted by Gasteiger charge is -2.32. The molecule has 1 saturated heterocycles. The zero-order chi connectivity index (χ0) is 16.9. The van der Waals surface area contributed by atoms with E-state index >= 15 is 0 Å². The molecular formula is C17H23N5O2. The van der Waals surface area contributed by atoms with Crippen LogP contribution in [0.15, 0.2) is 35.0 Å². The summed E-state index contributed by atoms with van der Waals surface area (Å²) in [6.07, 6.45) is 5.25. The SMILES string of the molecule is Cc1ccc(C(C)NC(=O)NC2CCN(c3ncccn3)CC2)o1. The molecule has 0 aliphatic carbocycles. The van der Waals surface area contributed by atoms with E-state index < -0.39 is 0 Å². The Morgan fingerprint density at radius 1 is 1.29 bits per heavy atom. The first-order chi connectivity index (χ1) is 11.6. The summed E-state index contributed by atoms with van der Waals surface area (Å²) in [4.78, 5) is 22.8. The first-order valence-corrected chi connectivity index (χ1v) is 8.27. The summed E-state index contributed by atoms with van der Waals surface area (Å²) in [5.41, 5.74) is 0. The molecule has 2 amide bonds. The number of hydrogen-bond acceptors (Lipinski definition) is 5. The Morgan fingerprint density at radius 2 is 2.00 bits per heavy atom. The quantitative estimate of drug-likeness (QED) is 0.900. The molecule has 24 heavy (non-hydrogen) atoms. The number of nitrogens with zero attached hydrogens (tertiary/aromatic N) is 3. The number of urea groups is 1. The Balaban J connectivity index is 1.45. The van der Waals surface area contributed by atoms with Crippen LogP contribution in [0.1, 0.15) is 37.3 Å². The lowest BCUT2D eigenvalue weighted by Crippen LogP contribution is -2.48. The minimum absolute atomic E-state index is 0.156. The van der Waals surface area contributed by atoms with Gasteiger partial charge in [0, 0.05) is 31.5 Å². The smallest absolute Gasteiger partial charge is 0.315 e. The van der Waals surface area contributed by atoms with Crippen molar-refractivity contribution in [3.63, 3.8) is 0 Å². The van der Waals surface area contributed by atoms with Crippen LogP contribution in [0.2, 0.25) is 0 Å². The number of aromatic nitrogens is 2. The summed E-state index contributed by atoms with van der Waals surface area (Å²) in [6, 6.07) is 5.44. The maximum Gasteiger partial charge on any atom is 0.315 e. The fourth-order valence-electron chi connectivity index (χ4n) is 2.86. The van der Waals surface area contributed by atoms with Crippen LogP contribution in [0.5, 0.6) is 0 Å². The molecule has 128 valence electrons. The molecule has 1 aliphatic heterocycles. The largest absolute Gasteiger partial charge is 0.464 e. The Kier molecular flexibility index (Phi) is 4.98. The van der Waals surface area contributed by atoms with Crippen LogP contribution in [-0.2, 0) is 0 Å². The summed E-state index contributed by atoms with van der Waals surface area (Å²) in [7, 11) is 0. The predicted molar refractivity (Wildman–Crippen MR) is 90.8 cm³/mol. The number of anilines is 1. The highest BCUT2D eigenvalue weighted by Crippen LogP contribution is 2.17. The summed E-state index contributed by atoms with van der Waals surface area (Å²) in [5, 5.41) is 5.96. The van der Waals surface area contributed by atoms with E-state index in [1.165, 1.54) is 0 Å². The van der Waals surface area contributed by atoms with Gasteiger partial charge in [-0.2, -0.15) is 0 Å². The standard InChI is InChI=1S/C17H23N5O2/c1-12-4-5-15(24-12)13(2)20-17(23)21-14-6-10-22(11-7-14)16-18-8-3-9-19-16/h3-5,8-9,13-14H,6-7,10-11H2,1-2H3,(H2,20,21,23). The fraction of sp³-hybridized carbons (Fsp3) is 0.471. The van der Waals surface area contributed by atoms with Gasteiger partial charge in [-0.1, -0.05) is 0 Å². The van der Waals surface area contributed by atoms with E-state index in [-0.39, 0.29) is 18.1 Å². The van der Waals surface area contributed by atoms with E-state index in [0.29, 0.717) is 0 Å². The molecule has 2 N–H and O–H groups in total. The zero-order valence-corrected chi connectivity index (χ0v) is 14.0. The molecule has 1 atom stereocenters. The van der Waals surface area contributed by atoms with Crippen molar-refractivity contribution < 1.29 is 9.21 Å². The van der Waals surface area contributed by atoms with Crippen LogP contribution >= 0.6 is 0 Å². The number of aryl methyl sites for hydroxylation is 1. The van der Waals surface area contributed by atoms with Crippen molar-refractivity contribution in [2.24, 2.45) is 0 Å². The Hall–Kier alpha value is -2.57. The van der Waals surface area contributed by atoms with Crippen molar-refractivity contribution in [3.05, 3.63) is 42.1 Å². The van der Waals surface area contributed by atoms with E-state index in [0.717, 1.165) is 43.4 Å². The topological polar surface area (TPSA) is 83.3 Å². The van der Waals surface area contributed by atoms with Gasteiger partial charge in [0.25, 0.3) is 0 Å². The molecule has 0 aromatic carbocycles. The minimum Gasteiger partial charge on any atom is -0.464 e. The molecule has 0 saturated carbocycles. The van der Waals surface area contributed by atoms with Gasteiger partial charge in [-0.25, -0.2) is 14.8 Å². The second-order valence-corrected chi connectivity index (χ2v) is 6.10. The zero-order valence-electron chi connectivity index (χ0n) is 14.0. The third-order valence-electron chi connectivity index (χ3n) is 4.20. The maximum atomic E-state index is 12.2. The van der Waals surface area contributed by atoms with Crippen molar-refractivity contribution in [3.8, 4) is 0 Å². The third kappa shape index (κ3) is 4.04. The fourth-order valence-corrected chi connectivity index (χ4v) is 2.86. The highest BCUT2D eigenvalue weighted by atomic mass is 16.3. The number of furan rings is 1. The van der Waals surface area contributed by atoms with E-state index in [9.17, 15) is 4.79 Å². The van der Waals surface area contributed by atoms with Crippen molar-refractivity contribution >= 4 is 12.0 Å². The van der Waals surface area contributed by atoms with Gasteiger partial charge in [0.15, 0.2) is 0 Å². The second kappa shape index (κ2) is 7.33. The molecule has 7 heteroatoms. The van der Waals surface area contributed by atoms with Crippen LogP contribution < -0.4 is 15.5 Å². The number of nitrogens with one attached hydrogen (secondary N) is 2. The number of amides is 2. The van der Waals surface area contributed by atoms with Crippen LogP contribution in [0.4, 0.5) is 10.7 Å². The average molecular weight is 329 g/mol. The van der Waals surface area contributed by atoms with Gasteiger partial charge in [0.1, 0.15) is 11.5 Å². The van der Waals surface area contributed by atoms with Crippen molar-refractivity contribution in [1.29, 1.82) is 0 Å². The number of carbonyl (C=O) groups excluding carboxylic acids is 1. The minimum atomic E-state index is -0.161. The number of rotatable bonds is 4. The summed E-state index contributed by atoms with van der Waals surface area (Å²) < 4.78 is 5.54. The van der Waals surface area contributed by atoms with Gasteiger partial charge >= 0.3 is 6.03 Å². The van der Waals surface area contributed by atoms with Crippen LogP contribution in [0, 0.1) is 6.92 Å². The van der Waals surface area contributed by atoms with E-state index in [1.807, 2.05) is 32.0 Å². The summed E-state index contributed by atoms with van der Waals surface area (Å²) in [5.74, 6) is 2.36. The Labute approximate surface area is 141 Å². The summed E-state index contributed by atoms with van der Waals surface area (Å²) in [6.45, 7) is 5.47. The van der Waals surface area contributed by atoms with Gasteiger partial charge in [0.2, 0.25) is 5.95 Å². The average Bonchev–Trinajstić information content (AvgIpc) is 3.03. The molecule has 3 heterocycles. The molecule has 0 radical (unpaired) electrons. The first-order valence-electron chi connectivity index (χ1n) is 8.27. The van der Waals surface area contributed by atoms with Crippen LogP contribution in [0.3, 0.4) is 0 Å². The van der Waals surface area contributed by atoms with Gasteiger partial charge in [-0.3, -0.25) is 0 Å². The number of piperidine rings is 1. The van der Waals surface area contributed by atoms with Gasteiger partial charge in [-0.05, 0) is 44.9 Å². The van der Waals surface area contributed by atoms with Crippen LogP contribution in [0.25, 0.3) is 0 Å². The Morgan fingerprint density at radius 3 is 2.62 bits per heavy atom. The molecule has 2 aromatic heterocycles. The normalized spacial score (nSPS) is 16.7. The molecule has 7 nitrogen and oxygen atoms in total. The lowest BCUT2D eigenvalue weighted by atomic mass is 10.1. The van der Waals surface area contributed by atoms with Crippen LogP contribution in [-0.4, -0.2) is 35.1 Å². The highest BCUT2D eigenvalue weighted by Gasteiger charge is 2.23. The van der Waals surface area contributed by atoms with E-state index in [1.54, 1.807) is 12.4 Å². The second-order valence-electron chi connectivity index (χ2n) is 6.10. The monoisotopic (exact) mass is 329 g/mol. The predicted octanol–water partition coefficient (Wildman–Crippen LogP) is 2.41. The molecule has 0 spiro atoms. The highest BCUT2D eigenvalue weighted by molar-refractivity contribution is 5.74. The van der Waals surface area contributed by atoms with Crippen molar-refractivity contribution in [2.75, 3.05) is 18.0 Å². The molecular weight excluding hydrogens is 306 g/mol. The molecule has 2 aromatic rings. The summed E-state index contributed by atoms with van der Waals surface area (Å²) >= 11 is 0. The number of carbonyl (C=O) groups is 1. The molecule has 3 rings (SSSR count). The first kappa shape index (κ1) is 16.3. The molecule has 1 aliphatic rings. The van der Waals surface area contributed by atoms with Gasteiger partial charge < -0.3 is 20.0 Å². The van der Waals surface area contributed by atoms with Crippen molar-refractivity contribution in [2.45, 2.75) is 38.8 Å².